The van der Waals surface area contributed by atoms with Crippen molar-refractivity contribution >= 4 is 17.2 Å². The first-order valence-corrected chi connectivity index (χ1v) is 10.2. The minimum Gasteiger partial charge on any atom is -0.334 e. The van der Waals surface area contributed by atoms with Gasteiger partial charge in [0, 0.05) is 49.7 Å². The van der Waals surface area contributed by atoms with Gasteiger partial charge in [-0.2, -0.15) is 5.10 Å². The third-order valence-electron chi connectivity index (χ3n) is 5.67. The Morgan fingerprint density at radius 1 is 1.19 bits per heavy atom. The molecular formula is C21H22N4OS. The fourth-order valence-electron chi connectivity index (χ4n) is 4.01. The highest BCUT2D eigenvalue weighted by Crippen LogP contribution is 2.28. The second kappa shape index (κ2) is 6.62. The molecule has 0 saturated carbocycles. The predicted octanol–water partition coefficient (Wildman–Crippen LogP) is 3.03. The van der Waals surface area contributed by atoms with Crippen LogP contribution in [0.15, 0.2) is 47.8 Å². The molecule has 1 fully saturated rings. The summed E-state index contributed by atoms with van der Waals surface area (Å²) in [5, 5.41) is 6.72. The second-order valence-corrected chi connectivity index (χ2v) is 8.36. The van der Waals surface area contributed by atoms with Crippen LogP contribution < -0.4 is 0 Å². The average molecular weight is 379 g/mol. The van der Waals surface area contributed by atoms with E-state index in [-0.39, 0.29) is 5.91 Å². The smallest absolute Gasteiger partial charge is 0.272 e. The fraction of sp³-hybridized carbons (Fsp3) is 0.333. The molecule has 0 unspecified atom stereocenters. The van der Waals surface area contributed by atoms with Crippen LogP contribution in [-0.4, -0.2) is 51.2 Å². The van der Waals surface area contributed by atoms with Crippen LogP contribution in [0.5, 0.6) is 0 Å². The lowest BCUT2D eigenvalue weighted by Gasteiger charge is -2.46. The number of hydrogen-bond donors (Lipinski definition) is 0. The number of fused-ring (bicyclic) bond motifs is 1. The zero-order valence-electron chi connectivity index (χ0n) is 15.3. The molecule has 2 aromatic heterocycles. The van der Waals surface area contributed by atoms with Crippen molar-refractivity contribution in [1.82, 2.24) is 19.6 Å². The van der Waals surface area contributed by atoms with E-state index in [0.29, 0.717) is 11.7 Å². The molecule has 2 aliphatic heterocycles. The third-order valence-corrected chi connectivity index (χ3v) is 6.69. The Hall–Kier alpha value is -2.44. The van der Waals surface area contributed by atoms with E-state index in [0.717, 1.165) is 43.9 Å². The molecule has 0 radical (unpaired) electrons. The Labute approximate surface area is 162 Å². The number of hydrogen-bond acceptors (Lipinski definition) is 4. The number of likely N-dealkylation sites (tertiary alicyclic amines) is 1. The van der Waals surface area contributed by atoms with E-state index in [2.05, 4.69) is 21.4 Å². The number of rotatable bonds is 3. The number of thiophene rings is 1. The summed E-state index contributed by atoms with van der Waals surface area (Å²) in [6.07, 6.45) is 1.14. The quantitative estimate of drug-likeness (QED) is 0.703. The normalized spacial score (nSPS) is 17.6. The Kier molecular flexibility index (Phi) is 4.10. The topological polar surface area (TPSA) is 41.4 Å². The molecule has 1 saturated heterocycles. The van der Waals surface area contributed by atoms with Gasteiger partial charge in [-0.25, -0.2) is 0 Å². The summed E-state index contributed by atoms with van der Waals surface area (Å²) < 4.78 is 1.70. The van der Waals surface area contributed by atoms with Gasteiger partial charge in [0.05, 0.1) is 5.69 Å². The molecule has 3 aromatic rings. The van der Waals surface area contributed by atoms with E-state index in [9.17, 15) is 4.79 Å². The monoisotopic (exact) mass is 378 g/mol. The minimum atomic E-state index is 0.0802. The Bertz CT molecular complexity index is 971. The Balaban J connectivity index is 1.25. The van der Waals surface area contributed by atoms with Crippen LogP contribution in [0.3, 0.4) is 0 Å². The van der Waals surface area contributed by atoms with Crippen LogP contribution in [0.2, 0.25) is 0 Å². The molecule has 5 rings (SSSR count). The first kappa shape index (κ1) is 16.7. The number of amides is 1. The van der Waals surface area contributed by atoms with Gasteiger partial charge in [-0.05, 0) is 29.5 Å². The van der Waals surface area contributed by atoms with E-state index < -0.39 is 0 Å². The maximum Gasteiger partial charge on any atom is 0.272 e. The molecule has 27 heavy (non-hydrogen) atoms. The maximum absolute atomic E-state index is 12.9. The second-order valence-electron chi connectivity index (χ2n) is 7.36. The number of carbonyl (C=O) groups excluding carboxylic acids is 1. The Morgan fingerprint density at radius 2 is 2.00 bits per heavy atom. The highest BCUT2D eigenvalue weighted by atomic mass is 32.1. The van der Waals surface area contributed by atoms with E-state index in [1.807, 2.05) is 59.7 Å². The van der Waals surface area contributed by atoms with E-state index in [4.69, 9.17) is 0 Å². The average Bonchev–Trinajstić information content (AvgIpc) is 3.27. The highest BCUT2D eigenvalue weighted by Gasteiger charge is 2.37. The van der Waals surface area contributed by atoms with E-state index in [1.54, 1.807) is 4.68 Å². The summed E-state index contributed by atoms with van der Waals surface area (Å²) in [7, 11) is 1.85. The van der Waals surface area contributed by atoms with Crippen LogP contribution in [0, 0.1) is 0 Å². The molecule has 6 heteroatoms. The summed E-state index contributed by atoms with van der Waals surface area (Å²) in [6, 6.07) is 14.6. The standard InChI is InChI=1S/C21H22N4OS/c1-23-19(11-18(22-23)15-5-3-2-4-6-15)21(26)25-13-17(14-25)24-9-7-20-16(12-24)8-10-27-20/h2-6,8,10-11,17H,7,9,12-14H2,1H3. The summed E-state index contributed by atoms with van der Waals surface area (Å²) in [6.45, 7) is 3.74. The summed E-state index contributed by atoms with van der Waals surface area (Å²) >= 11 is 1.87. The van der Waals surface area contributed by atoms with Gasteiger partial charge in [0.25, 0.3) is 5.91 Å². The van der Waals surface area contributed by atoms with Crippen molar-refractivity contribution in [1.29, 1.82) is 0 Å². The van der Waals surface area contributed by atoms with Crippen molar-refractivity contribution < 1.29 is 4.79 Å². The Morgan fingerprint density at radius 3 is 2.81 bits per heavy atom. The molecule has 0 bridgehead atoms. The summed E-state index contributed by atoms with van der Waals surface area (Å²) in [5.41, 5.74) is 4.01. The summed E-state index contributed by atoms with van der Waals surface area (Å²) in [4.78, 5) is 18.9. The van der Waals surface area contributed by atoms with Crippen LogP contribution in [-0.2, 0) is 20.0 Å². The summed E-state index contributed by atoms with van der Waals surface area (Å²) in [5.74, 6) is 0.0802. The lowest BCUT2D eigenvalue weighted by Crippen LogP contribution is -2.61. The van der Waals surface area contributed by atoms with Gasteiger partial charge in [0.15, 0.2) is 0 Å². The zero-order chi connectivity index (χ0) is 18.4. The highest BCUT2D eigenvalue weighted by molar-refractivity contribution is 7.10. The van der Waals surface area contributed by atoms with Crippen molar-refractivity contribution in [3.05, 3.63) is 64.0 Å². The maximum atomic E-state index is 12.9. The van der Waals surface area contributed by atoms with Crippen LogP contribution >= 0.6 is 11.3 Å². The van der Waals surface area contributed by atoms with Crippen molar-refractivity contribution in [2.24, 2.45) is 7.05 Å². The number of nitrogens with zero attached hydrogens (tertiary/aromatic N) is 4. The first-order chi connectivity index (χ1) is 13.2. The molecular weight excluding hydrogens is 356 g/mol. The first-order valence-electron chi connectivity index (χ1n) is 9.37. The SMILES string of the molecule is Cn1nc(-c2ccccc2)cc1C(=O)N1CC(N2CCc3sccc3C2)C1. The molecule has 5 nitrogen and oxygen atoms in total. The molecule has 0 aliphatic carbocycles. The van der Waals surface area contributed by atoms with Gasteiger partial charge >= 0.3 is 0 Å². The number of aromatic nitrogens is 2. The largest absolute Gasteiger partial charge is 0.334 e. The zero-order valence-corrected chi connectivity index (χ0v) is 16.2. The van der Waals surface area contributed by atoms with Crippen LogP contribution in [0.25, 0.3) is 11.3 Å². The molecule has 0 atom stereocenters. The molecule has 2 aliphatic rings. The third kappa shape index (κ3) is 2.99. The number of aryl methyl sites for hydroxylation is 1. The van der Waals surface area contributed by atoms with Crippen LogP contribution in [0.4, 0.5) is 0 Å². The van der Waals surface area contributed by atoms with Gasteiger partial charge in [0.1, 0.15) is 5.69 Å². The van der Waals surface area contributed by atoms with Gasteiger partial charge in [0.2, 0.25) is 0 Å². The van der Waals surface area contributed by atoms with Crippen molar-refractivity contribution in [2.45, 2.75) is 19.0 Å². The van der Waals surface area contributed by atoms with Gasteiger partial charge in [-0.3, -0.25) is 14.4 Å². The molecule has 0 N–H and O–H groups in total. The van der Waals surface area contributed by atoms with Crippen molar-refractivity contribution in [3.8, 4) is 11.3 Å². The molecule has 0 spiro atoms. The molecule has 1 amide bonds. The van der Waals surface area contributed by atoms with Gasteiger partial charge < -0.3 is 4.90 Å². The van der Waals surface area contributed by atoms with Crippen molar-refractivity contribution in [2.75, 3.05) is 19.6 Å². The lowest BCUT2D eigenvalue weighted by atomic mass is 10.0. The van der Waals surface area contributed by atoms with Crippen LogP contribution in [0.1, 0.15) is 20.9 Å². The van der Waals surface area contributed by atoms with Crippen molar-refractivity contribution in [3.63, 3.8) is 0 Å². The molecule has 4 heterocycles. The lowest BCUT2D eigenvalue weighted by molar-refractivity contribution is 0.0213. The van der Waals surface area contributed by atoms with E-state index >= 15 is 0 Å². The van der Waals surface area contributed by atoms with Gasteiger partial charge in [-0.15, -0.1) is 11.3 Å². The van der Waals surface area contributed by atoms with Gasteiger partial charge in [-0.1, -0.05) is 30.3 Å². The predicted molar refractivity (Wildman–Crippen MR) is 107 cm³/mol. The number of benzene rings is 1. The van der Waals surface area contributed by atoms with E-state index in [1.165, 1.54) is 10.4 Å². The number of carbonyl (C=O) groups is 1. The minimum absolute atomic E-state index is 0.0802. The molecule has 1 aromatic carbocycles. The molecule has 138 valence electrons. The fourth-order valence-corrected chi connectivity index (χ4v) is 4.90.